The molecular formula is C13H15BrN2O. The highest BCUT2D eigenvalue weighted by Crippen LogP contribution is 2.31. The molecule has 2 rings (SSSR count). The van der Waals surface area contributed by atoms with Crippen LogP contribution in [0.2, 0.25) is 0 Å². The van der Waals surface area contributed by atoms with Crippen LogP contribution in [0, 0.1) is 5.92 Å². The maximum absolute atomic E-state index is 5.87. The van der Waals surface area contributed by atoms with Gasteiger partial charge in [0.15, 0.2) is 5.82 Å². The van der Waals surface area contributed by atoms with Crippen LogP contribution in [0.4, 0.5) is 5.82 Å². The zero-order valence-electron chi connectivity index (χ0n) is 9.90. The van der Waals surface area contributed by atoms with Gasteiger partial charge >= 0.3 is 0 Å². The van der Waals surface area contributed by atoms with Gasteiger partial charge in [0, 0.05) is 10.9 Å². The van der Waals surface area contributed by atoms with Crippen LogP contribution in [0.5, 0.6) is 0 Å². The van der Waals surface area contributed by atoms with Crippen LogP contribution >= 0.6 is 15.9 Å². The lowest BCUT2D eigenvalue weighted by Gasteiger charge is -2.04. The van der Waals surface area contributed by atoms with Gasteiger partial charge in [-0.25, -0.2) is 0 Å². The summed E-state index contributed by atoms with van der Waals surface area (Å²) in [7, 11) is 0. The summed E-state index contributed by atoms with van der Waals surface area (Å²) in [5, 5.41) is 3.86. The van der Waals surface area contributed by atoms with Gasteiger partial charge in [0.1, 0.15) is 5.76 Å². The first-order valence-corrected chi connectivity index (χ1v) is 6.37. The highest BCUT2D eigenvalue weighted by molar-refractivity contribution is 9.10. The molecule has 1 heterocycles. The van der Waals surface area contributed by atoms with Crippen LogP contribution in [0.1, 0.15) is 19.6 Å². The van der Waals surface area contributed by atoms with Gasteiger partial charge in [-0.05, 0) is 23.6 Å². The van der Waals surface area contributed by atoms with E-state index in [1.807, 2.05) is 24.3 Å². The predicted molar refractivity (Wildman–Crippen MR) is 72.6 cm³/mol. The maximum Gasteiger partial charge on any atom is 0.175 e. The third kappa shape index (κ3) is 2.69. The van der Waals surface area contributed by atoms with Crippen molar-refractivity contribution in [3.05, 3.63) is 34.5 Å². The van der Waals surface area contributed by atoms with Crippen molar-refractivity contribution in [3.8, 4) is 11.1 Å². The summed E-state index contributed by atoms with van der Waals surface area (Å²) in [6, 6.07) is 8.00. The van der Waals surface area contributed by atoms with Gasteiger partial charge in [0.2, 0.25) is 0 Å². The Hall–Kier alpha value is -1.29. The zero-order valence-corrected chi connectivity index (χ0v) is 11.5. The molecule has 2 aromatic rings. The Kier molecular flexibility index (Phi) is 3.52. The second kappa shape index (κ2) is 4.92. The van der Waals surface area contributed by atoms with E-state index in [2.05, 4.69) is 34.9 Å². The first kappa shape index (κ1) is 12.2. The quantitative estimate of drug-likeness (QED) is 0.934. The zero-order chi connectivity index (χ0) is 12.4. The van der Waals surface area contributed by atoms with Crippen LogP contribution in [0.15, 0.2) is 33.3 Å². The Balaban J connectivity index is 2.43. The van der Waals surface area contributed by atoms with E-state index in [1.54, 1.807) is 0 Å². The molecule has 0 bridgehead atoms. The van der Waals surface area contributed by atoms with Crippen molar-refractivity contribution in [1.29, 1.82) is 0 Å². The standard InChI is InChI=1S/C13H15BrN2O/c1-8(2)7-11-12(13(15)16-17-11)9-3-5-10(14)6-4-9/h3-6,8H,7H2,1-2H3,(H2,15,16). The molecule has 3 nitrogen and oxygen atoms in total. The van der Waals surface area contributed by atoms with Crippen LogP contribution in [0.3, 0.4) is 0 Å². The van der Waals surface area contributed by atoms with Crippen LogP contribution in [-0.2, 0) is 6.42 Å². The van der Waals surface area contributed by atoms with Crippen molar-refractivity contribution >= 4 is 21.7 Å². The molecule has 0 saturated carbocycles. The SMILES string of the molecule is CC(C)Cc1onc(N)c1-c1ccc(Br)cc1. The minimum atomic E-state index is 0.461. The molecule has 17 heavy (non-hydrogen) atoms. The normalized spacial score (nSPS) is 11.1. The molecule has 90 valence electrons. The van der Waals surface area contributed by atoms with E-state index in [0.717, 1.165) is 27.8 Å². The number of aromatic nitrogens is 1. The average molecular weight is 295 g/mol. The molecular weight excluding hydrogens is 280 g/mol. The van der Waals surface area contributed by atoms with Gasteiger partial charge in [-0.15, -0.1) is 0 Å². The summed E-state index contributed by atoms with van der Waals surface area (Å²) in [6.45, 7) is 4.29. The van der Waals surface area contributed by atoms with Crippen LogP contribution < -0.4 is 5.73 Å². The topological polar surface area (TPSA) is 52.0 Å². The van der Waals surface area contributed by atoms with E-state index in [1.165, 1.54) is 0 Å². The summed E-state index contributed by atoms with van der Waals surface area (Å²) in [5.74, 6) is 1.83. The number of nitrogens with two attached hydrogens (primary N) is 1. The maximum atomic E-state index is 5.87. The number of halogens is 1. The molecule has 1 aromatic carbocycles. The molecule has 0 amide bonds. The first-order valence-electron chi connectivity index (χ1n) is 5.58. The van der Waals surface area contributed by atoms with Gasteiger partial charge in [-0.3, -0.25) is 0 Å². The van der Waals surface area contributed by atoms with Crippen molar-refractivity contribution in [1.82, 2.24) is 5.16 Å². The van der Waals surface area contributed by atoms with Gasteiger partial charge in [-0.2, -0.15) is 0 Å². The fraction of sp³-hybridized carbons (Fsp3) is 0.308. The fourth-order valence-electron chi connectivity index (χ4n) is 1.77. The first-order chi connectivity index (χ1) is 8.08. The average Bonchev–Trinajstić information content (AvgIpc) is 2.61. The van der Waals surface area contributed by atoms with E-state index < -0.39 is 0 Å². The van der Waals surface area contributed by atoms with Crippen molar-refractivity contribution in [3.63, 3.8) is 0 Å². The lowest BCUT2D eigenvalue weighted by atomic mass is 10.0. The smallest absolute Gasteiger partial charge is 0.175 e. The number of nitrogens with zero attached hydrogens (tertiary/aromatic N) is 1. The van der Waals surface area contributed by atoms with Gasteiger partial charge < -0.3 is 10.3 Å². The molecule has 0 fully saturated rings. The Bertz CT molecular complexity index is 503. The molecule has 0 aliphatic heterocycles. The largest absolute Gasteiger partial charge is 0.380 e. The van der Waals surface area contributed by atoms with E-state index in [9.17, 15) is 0 Å². The third-order valence-corrected chi connectivity index (χ3v) is 3.04. The van der Waals surface area contributed by atoms with E-state index >= 15 is 0 Å². The predicted octanol–water partition coefficient (Wildman–Crippen LogP) is 3.88. The Morgan fingerprint density at radius 1 is 1.29 bits per heavy atom. The van der Waals surface area contributed by atoms with Crippen LogP contribution in [0.25, 0.3) is 11.1 Å². The van der Waals surface area contributed by atoms with Crippen molar-refractivity contribution in [2.75, 3.05) is 5.73 Å². The van der Waals surface area contributed by atoms with Crippen molar-refractivity contribution < 1.29 is 4.52 Å². The summed E-state index contributed by atoms with van der Waals surface area (Å²) >= 11 is 3.42. The van der Waals surface area contributed by atoms with Gasteiger partial charge in [-0.1, -0.05) is 47.1 Å². The molecule has 0 spiro atoms. The molecule has 2 N–H and O–H groups in total. The third-order valence-electron chi connectivity index (χ3n) is 2.52. The van der Waals surface area contributed by atoms with E-state index in [-0.39, 0.29) is 0 Å². The number of anilines is 1. The van der Waals surface area contributed by atoms with E-state index in [0.29, 0.717) is 11.7 Å². The van der Waals surface area contributed by atoms with Gasteiger partial charge in [0.05, 0.1) is 5.56 Å². The second-order valence-corrected chi connectivity index (χ2v) is 5.39. The summed E-state index contributed by atoms with van der Waals surface area (Å²) in [4.78, 5) is 0. The Labute approximate surface area is 109 Å². The summed E-state index contributed by atoms with van der Waals surface area (Å²) in [5.41, 5.74) is 7.84. The highest BCUT2D eigenvalue weighted by Gasteiger charge is 2.16. The number of rotatable bonds is 3. The highest BCUT2D eigenvalue weighted by atomic mass is 79.9. The summed E-state index contributed by atoms with van der Waals surface area (Å²) in [6.07, 6.45) is 0.843. The molecule has 0 unspecified atom stereocenters. The lowest BCUT2D eigenvalue weighted by Crippen LogP contribution is -1.95. The molecule has 0 aliphatic carbocycles. The number of hydrogen-bond acceptors (Lipinski definition) is 3. The fourth-order valence-corrected chi connectivity index (χ4v) is 2.04. The van der Waals surface area contributed by atoms with E-state index in [4.69, 9.17) is 10.3 Å². The number of nitrogen functional groups attached to an aromatic ring is 1. The molecule has 0 saturated heterocycles. The summed E-state index contributed by atoms with van der Waals surface area (Å²) < 4.78 is 6.35. The Morgan fingerprint density at radius 2 is 1.94 bits per heavy atom. The molecule has 4 heteroatoms. The molecule has 0 atom stereocenters. The number of hydrogen-bond donors (Lipinski definition) is 1. The van der Waals surface area contributed by atoms with Crippen molar-refractivity contribution in [2.24, 2.45) is 5.92 Å². The molecule has 0 radical (unpaired) electrons. The van der Waals surface area contributed by atoms with Gasteiger partial charge in [0.25, 0.3) is 0 Å². The minimum absolute atomic E-state index is 0.461. The molecule has 0 aliphatic rings. The van der Waals surface area contributed by atoms with Crippen LogP contribution in [-0.4, -0.2) is 5.16 Å². The number of benzene rings is 1. The molecule has 1 aromatic heterocycles. The lowest BCUT2D eigenvalue weighted by molar-refractivity contribution is 0.372. The Morgan fingerprint density at radius 3 is 2.53 bits per heavy atom. The monoisotopic (exact) mass is 294 g/mol. The van der Waals surface area contributed by atoms with Crippen molar-refractivity contribution in [2.45, 2.75) is 20.3 Å². The second-order valence-electron chi connectivity index (χ2n) is 4.47. The minimum Gasteiger partial charge on any atom is -0.380 e.